The quantitative estimate of drug-likeness (QED) is 0.586. The standard InChI is InChI=1S/C13H27N/c1-11(2)10-13(4)7-6-12(3)8-9-14-5/h11-12,14H,4,6-10H2,1-3,5H3. The molecule has 0 spiro atoms. The van der Waals surface area contributed by atoms with E-state index in [-0.39, 0.29) is 0 Å². The Morgan fingerprint density at radius 2 is 1.86 bits per heavy atom. The molecular formula is C13H27N. The summed E-state index contributed by atoms with van der Waals surface area (Å²) in [6.45, 7) is 12.1. The van der Waals surface area contributed by atoms with Crippen LogP contribution in [0.1, 0.15) is 46.5 Å². The molecule has 0 aliphatic rings. The Kier molecular flexibility index (Phi) is 7.87. The molecule has 0 saturated carbocycles. The zero-order chi connectivity index (χ0) is 11.0. The van der Waals surface area contributed by atoms with Gasteiger partial charge < -0.3 is 5.32 Å². The van der Waals surface area contributed by atoms with Crippen molar-refractivity contribution in [3.8, 4) is 0 Å². The Hall–Kier alpha value is -0.300. The van der Waals surface area contributed by atoms with Crippen LogP contribution < -0.4 is 5.32 Å². The number of rotatable bonds is 8. The third-order valence-electron chi connectivity index (χ3n) is 2.57. The Balaban J connectivity index is 3.45. The summed E-state index contributed by atoms with van der Waals surface area (Å²) in [6.07, 6.45) is 4.99. The van der Waals surface area contributed by atoms with Crippen LogP contribution in [0, 0.1) is 11.8 Å². The van der Waals surface area contributed by atoms with Crippen molar-refractivity contribution in [2.45, 2.75) is 46.5 Å². The fraction of sp³-hybridized carbons (Fsp3) is 0.846. The summed E-state index contributed by atoms with van der Waals surface area (Å²) in [5, 5.41) is 3.20. The molecule has 0 rings (SSSR count). The largest absolute Gasteiger partial charge is 0.320 e. The highest BCUT2D eigenvalue weighted by molar-refractivity contribution is 4.94. The number of hydrogen-bond donors (Lipinski definition) is 1. The van der Waals surface area contributed by atoms with Gasteiger partial charge in [0.25, 0.3) is 0 Å². The van der Waals surface area contributed by atoms with E-state index in [1.54, 1.807) is 0 Å². The average Bonchev–Trinajstić information content (AvgIpc) is 2.10. The molecule has 0 aromatic heterocycles. The average molecular weight is 197 g/mol. The van der Waals surface area contributed by atoms with Crippen LogP contribution in [0.5, 0.6) is 0 Å². The summed E-state index contributed by atoms with van der Waals surface area (Å²) in [5.74, 6) is 1.58. The minimum absolute atomic E-state index is 0.759. The fourth-order valence-electron chi connectivity index (χ4n) is 1.67. The molecule has 0 radical (unpaired) electrons. The molecule has 0 fully saturated rings. The van der Waals surface area contributed by atoms with Crippen LogP contribution in [0.25, 0.3) is 0 Å². The molecule has 0 bridgehead atoms. The monoisotopic (exact) mass is 197 g/mol. The van der Waals surface area contributed by atoms with Gasteiger partial charge in [-0.2, -0.15) is 0 Å². The molecule has 1 nitrogen and oxygen atoms in total. The molecule has 0 aromatic carbocycles. The van der Waals surface area contributed by atoms with Crippen LogP contribution in [-0.4, -0.2) is 13.6 Å². The second kappa shape index (κ2) is 8.05. The second-order valence-corrected chi connectivity index (χ2v) is 4.88. The maximum absolute atomic E-state index is 4.13. The molecule has 0 aliphatic carbocycles. The van der Waals surface area contributed by atoms with Gasteiger partial charge in [0, 0.05) is 0 Å². The number of allylic oxidation sites excluding steroid dienone is 1. The van der Waals surface area contributed by atoms with E-state index in [4.69, 9.17) is 0 Å². The molecule has 0 amide bonds. The molecule has 1 atom stereocenters. The van der Waals surface area contributed by atoms with Gasteiger partial charge in [0.2, 0.25) is 0 Å². The summed E-state index contributed by atoms with van der Waals surface area (Å²) in [7, 11) is 2.02. The Morgan fingerprint density at radius 3 is 2.36 bits per heavy atom. The van der Waals surface area contributed by atoms with Crippen molar-refractivity contribution >= 4 is 0 Å². The molecule has 1 heteroatoms. The van der Waals surface area contributed by atoms with Crippen molar-refractivity contribution in [1.29, 1.82) is 0 Å². The van der Waals surface area contributed by atoms with E-state index in [1.807, 2.05) is 7.05 Å². The molecule has 0 aromatic rings. The highest BCUT2D eigenvalue weighted by Gasteiger charge is 2.04. The van der Waals surface area contributed by atoms with E-state index in [0.29, 0.717) is 0 Å². The van der Waals surface area contributed by atoms with Gasteiger partial charge in [0.15, 0.2) is 0 Å². The van der Waals surface area contributed by atoms with E-state index in [9.17, 15) is 0 Å². The third-order valence-corrected chi connectivity index (χ3v) is 2.57. The van der Waals surface area contributed by atoms with Crippen molar-refractivity contribution in [3.63, 3.8) is 0 Å². The molecule has 1 N–H and O–H groups in total. The first-order valence-electron chi connectivity index (χ1n) is 5.87. The van der Waals surface area contributed by atoms with E-state index in [0.717, 1.165) is 18.4 Å². The van der Waals surface area contributed by atoms with Crippen molar-refractivity contribution < 1.29 is 0 Å². The second-order valence-electron chi connectivity index (χ2n) is 4.88. The Morgan fingerprint density at radius 1 is 1.21 bits per heavy atom. The molecule has 14 heavy (non-hydrogen) atoms. The van der Waals surface area contributed by atoms with Crippen LogP contribution in [0.2, 0.25) is 0 Å². The summed E-state index contributed by atoms with van der Waals surface area (Å²) in [4.78, 5) is 0. The van der Waals surface area contributed by atoms with Gasteiger partial charge >= 0.3 is 0 Å². The summed E-state index contributed by atoms with van der Waals surface area (Å²) < 4.78 is 0. The number of nitrogens with one attached hydrogen (secondary N) is 1. The minimum atomic E-state index is 0.759. The lowest BCUT2D eigenvalue weighted by Gasteiger charge is -2.13. The lowest BCUT2D eigenvalue weighted by Crippen LogP contribution is -2.11. The van der Waals surface area contributed by atoms with Crippen molar-refractivity contribution in [3.05, 3.63) is 12.2 Å². The topological polar surface area (TPSA) is 12.0 Å². The fourth-order valence-corrected chi connectivity index (χ4v) is 1.67. The zero-order valence-corrected chi connectivity index (χ0v) is 10.4. The SMILES string of the molecule is C=C(CCC(C)CCNC)CC(C)C. The van der Waals surface area contributed by atoms with E-state index in [1.165, 1.54) is 31.3 Å². The van der Waals surface area contributed by atoms with Crippen molar-refractivity contribution in [1.82, 2.24) is 5.32 Å². The maximum Gasteiger partial charge on any atom is -0.00494 e. The van der Waals surface area contributed by atoms with Gasteiger partial charge in [-0.05, 0) is 51.1 Å². The molecule has 0 saturated heterocycles. The maximum atomic E-state index is 4.13. The smallest absolute Gasteiger partial charge is 0.00494 e. The predicted octanol–water partition coefficient (Wildman–Crippen LogP) is 3.61. The first kappa shape index (κ1) is 13.7. The van der Waals surface area contributed by atoms with Gasteiger partial charge in [-0.3, -0.25) is 0 Å². The summed E-state index contributed by atoms with van der Waals surface area (Å²) in [6, 6.07) is 0. The highest BCUT2D eigenvalue weighted by atomic mass is 14.8. The zero-order valence-electron chi connectivity index (χ0n) is 10.4. The minimum Gasteiger partial charge on any atom is -0.320 e. The van der Waals surface area contributed by atoms with Crippen LogP contribution in [0.4, 0.5) is 0 Å². The normalized spacial score (nSPS) is 13.2. The third kappa shape index (κ3) is 8.31. The van der Waals surface area contributed by atoms with E-state index >= 15 is 0 Å². The van der Waals surface area contributed by atoms with Gasteiger partial charge in [0.05, 0.1) is 0 Å². The van der Waals surface area contributed by atoms with Crippen LogP contribution in [0.3, 0.4) is 0 Å². The first-order valence-corrected chi connectivity index (χ1v) is 5.87. The van der Waals surface area contributed by atoms with Crippen LogP contribution in [-0.2, 0) is 0 Å². The van der Waals surface area contributed by atoms with Gasteiger partial charge in [-0.25, -0.2) is 0 Å². The first-order chi connectivity index (χ1) is 6.56. The summed E-state index contributed by atoms with van der Waals surface area (Å²) in [5.41, 5.74) is 1.43. The van der Waals surface area contributed by atoms with Gasteiger partial charge in [-0.15, -0.1) is 0 Å². The Bertz CT molecular complexity index is 149. The predicted molar refractivity (Wildman–Crippen MR) is 65.5 cm³/mol. The molecule has 1 unspecified atom stereocenters. The lowest BCUT2D eigenvalue weighted by molar-refractivity contribution is 0.473. The molecular weight excluding hydrogens is 170 g/mol. The number of hydrogen-bond acceptors (Lipinski definition) is 1. The van der Waals surface area contributed by atoms with Crippen molar-refractivity contribution in [2.24, 2.45) is 11.8 Å². The summed E-state index contributed by atoms with van der Waals surface area (Å²) >= 11 is 0. The van der Waals surface area contributed by atoms with Crippen LogP contribution in [0.15, 0.2) is 12.2 Å². The van der Waals surface area contributed by atoms with E-state index < -0.39 is 0 Å². The van der Waals surface area contributed by atoms with Crippen molar-refractivity contribution in [2.75, 3.05) is 13.6 Å². The lowest BCUT2D eigenvalue weighted by atomic mass is 9.95. The Labute approximate surface area is 90.0 Å². The molecule has 84 valence electrons. The van der Waals surface area contributed by atoms with Gasteiger partial charge in [0.1, 0.15) is 0 Å². The van der Waals surface area contributed by atoms with E-state index in [2.05, 4.69) is 32.7 Å². The highest BCUT2D eigenvalue weighted by Crippen LogP contribution is 2.18. The van der Waals surface area contributed by atoms with Gasteiger partial charge in [-0.1, -0.05) is 32.9 Å². The van der Waals surface area contributed by atoms with Crippen LogP contribution >= 0.6 is 0 Å². The molecule has 0 aliphatic heterocycles. The molecule has 0 heterocycles.